The highest BCUT2D eigenvalue weighted by molar-refractivity contribution is 9.10. The summed E-state index contributed by atoms with van der Waals surface area (Å²) in [6.07, 6.45) is 2.65. The highest BCUT2D eigenvalue weighted by atomic mass is 79.9. The number of carbonyl (C=O) groups is 1. The predicted octanol–water partition coefficient (Wildman–Crippen LogP) is 4.89. The fraction of sp³-hybridized carbons (Fsp3) is 0.316. The molecule has 0 spiro atoms. The smallest absolute Gasteiger partial charge is 0.231 e. The lowest BCUT2D eigenvalue weighted by Crippen LogP contribution is -2.49. The lowest BCUT2D eigenvalue weighted by Gasteiger charge is -2.41. The molecule has 0 aromatic heterocycles. The average Bonchev–Trinajstić information content (AvgIpc) is 2.48. The van der Waals surface area contributed by atoms with Gasteiger partial charge in [0.05, 0.1) is 11.5 Å². The number of benzene rings is 2. The van der Waals surface area contributed by atoms with Gasteiger partial charge in [0, 0.05) is 4.47 Å². The third-order valence-electron chi connectivity index (χ3n) is 4.73. The van der Waals surface area contributed by atoms with E-state index in [9.17, 15) is 9.18 Å². The number of hydrogen-bond donors (Lipinski definition) is 1. The molecule has 0 heterocycles. The zero-order valence-electron chi connectivity index (χ0n) is 13.0. The van der Waals surface area contributed by atoms with Crippen molar-refractivity contribution in [3.8, 4) is 0 Å². The van der Waals surface area contributed by atoms with Crippen molar-refractivity contribution >= 4 is 21.8 Å². The predicted molar refractivity (Wildman–Crippen MR) is 92.6 cm³/mol. The largest absolute Gasteiger partial charge is 0.349 e. The first kappa shape index (κ1) is 16.2. The number of rotatable bonds is 4. The molecule has 1 amide bonds. The van der Waals surface area contributed by atoms with Crippen LogP contribution >= 0.6 is 15.9 Å². The van der Waals surface area contributed by atoms with E-state index in [0.717, 1.165) is 34.9 Å². The molecule has 1 unspecified atom stereocenters. The molecule has 2 aromatic rings. The highest BCUT2D eigenvalue weighted by Gasteiger charge is 2.45. The summed E-state index contributed by atoms with van der Waals surface area (Å²) in [6, 6.07) is 14.2. The van der Waals surface area contributed by atoms with Crippen LogP contribution in [0.5, 0.6) is 0 Å². The van der Waals surface area contributed by atoms with E-state index in [4.69, 9.17) is 0 Å². The second-order valence-electron chi connectivity index (χ2n) is 6.19. The molecular weight excluding hydrogens is 357 g/mol. The van der Waals surface area contributed by atoms with E-state index in [0.29, 0.717) is 0 Å². The van der Waals surface area contributed by atoms with Crippen LogP contribution in [0.25, 0.3) is 0 Å². The number of halogens is 2. The second kappa shape index (κ2) is 6.44. The molecule has 2 aromatic carbocycles. The van der Waals surface area contributed by atoms with Gasteiger partial charge in [0.15, 0.2) is 0 Å². The van der Waals surface area contributed by atoms with Gasteiger partial charge in [-0.3, -0.25) is 4.79 Å². The molecule has 4 heteroatoms. The van der Waals surface area contributed by atoms with Crippen LogP contribution in [-0.4, -0.2) is 5.91 Å². The Labute approximate surface area is 144 Å². The highest BCUT2D eigenvalue weighted by Crippen LogP contribution is 2.44. The zero-order valence-corrected chi connectivity index (χ0v) is 14.6. The van der Waals surface area contributed by atoms with Crippen LogP contribution in [-0.2, 0) is 10.2 Å². The second-order valence-corrected chi connectivity index (χ2v) is 7.11. The van der Waals surface area contributed by atoms with Crippen molar-refractivity contribution in [1.82, 2.24) is 5.32 Å². The van der Waals surface area contributed by atoms with Gasteiger partial charge in [-0.15, -0.1) is 0 Å². The average molecular weight is 376 g/mol. The monoisotopic (exact) mass is 375 g/mol. The number of carbonyl (C=O) groups excluding carboxylic acids is 1. The van der Waals surface area contributed by atoms with Crippen LogP contribution in [0.3, 0.4) is 0 Å². The third-order valence-corrected chi connectivity index (χ3v) is 5.23. The Balaban J connectivity index is 1.79. The van der Waals surface area contributed by atoms with E-state index in [1.165, 1.54) is 12.1 Å². The lowest BCUT2D eigenvalue weighted by molar-refractivity contribution is -0.130. The summed E-state index contributed by atoms with van der Waals surface area (Å²) >= 11 is 3.46. The summed E-state index contributed by atoms with van der Waals surface area (Å²) in [7, 11) is 0. The van der Waals surface area contributed by atoms with Gasteiger partial charge in [0.25, 0.3) is 0 Å². The molecule has 1 fully saturated rings. The van der Waals surface area contributed by atoms with Crippen LogP contribution in [0, 0.1) is 5.82 Å². The Kier molecular flexibility index (Phi) is 4.53. The maximum absolute atomic E-state index is 13.2. The summed E-state index contributed by atoms with van der Waals surface area (Å²) in [6.45, 7) is 1.98. The van der Waals surface area contributed by atoms with E-state index < -0.39 is 5.41 Å². The molecule has 120 valence electrons. The van der Waals surface area contributed by atoms with E-state index in [2.05, 4.69) is 21.2 Å². The lowest BCUT2D eigenvalue weighted by atomic mass is 9.63. The van der Waals surface area contributed by atoms with Gasteiger partial charge in [-0.1, -0.05) is 46.6 Å². The number of hydrogen-bond acceptors (Lipinski definition) is 1. The molecule has 1 N–H and O–H groups in total. The Morgan fingerprint density at radius 3 is 2.48 bits per heavy atom. The normalized spacial score (nSPS) is 17.2. The Morgan fingerprint density at radius 2 is 1.91 bits per heavy atom. The van der Waals surface area contributed by atoms with Gasteiger partial charge in [-0.25, -0.2) is 4.39 Å². The maximum atomic E-state index is 13.2. The summed E-state index contributed by atoms with van der Waals surface area (Å²) in [4.78, 5) is 12.9. The van der Waals surface area contributed by atoms with Gasteiger partial charge < -0.3 is 5.32 Å². The first-order valence-electron chi connectivity index (χ1n) is 7.84. The quantitative estimate of drug-likeness (QED) is 0.809. The van der Waals surface area contributed by atoms with Gasteiger partial charge in [0.2, 0.25) is 5.91 Å². The molecule has 0 aliphatic heterocycles. The fourth-order valence-corrected chi connectivity index (χ4v) is 3.56. The Bertz CT molecular complexity index is 710. The molecule has 1 atom stereocenters. The van der Waals surface area contributed by atoms with E-state index >= 15 is 0 Å². The van der Waals surface area contributed by atoms with Crippen LogP contribution in [0.15, 0.2) is 53.0 Å². The number of amides is 1. The van der Waals surface area contributed by atoms with Crippen LogP contribution in [0.1, 0.15) is 43.4 Å². The number of nitrogens with one attached hydrogen (secondary N) is 1. The Morgan fingerprint density at radius 1 is 1.22 bits per heavy atom. The van der Waals surface area contributed by atoms with Gasteiger partial charge in [0.1, 0.15) is 5.82 Å². The molecule has 1 aliphatic rings. The van der Waals surface area contributed by atoms with Crippen LogP contribution in [0.2, 0.25) is 0 Å². The molecule has 0 radical (unpaired) electrons. The van der Waals surface area contributed by atoms with E-state index in [1.807, 2.05) is 31.2 Å². The fourth-order valence-electron chi connectivity index (χ4n) is 3.14. The molecule has 23 heavy (non-hydrogen) atoms. The zero-order chi connectivity index (χ0) is 16.4. The molecular formula is C19H19BrFNO. The molecule has 1 saturated carbocycles. The van der Waals surface area contributed by atoms with E-state index in [-0.39, 0.29) is 17.8 Å². The minimum atomic E-state index is -0.506. The molecule has 0 bridgehead atoms. The SMILES string of the molecule is CC(NC(=O)C1(c2ccc(F)cc2)CCC1)c1cccc(Br)c1. The van der Waals surface area contributed by atoms with Crippen molar-refractivity contribution in [3.05, 3.63) is 69.9 Å². The van der Waals surface area contributed by atoms with Crippen molar-refractivity contribution < 1.29 is 9.18 Å². The summed E-state index contributed by atoms with van der Waals surface area (Å²) < 4.78 is 14.2. The summed E-state index contributed by atoms with van der Waals surface area (Å²) in [5, 5.41) is 3.13. The third kappa shape index (κ3) is 3.18. The van der Waals surface area contributed by atoms with Gasteiger partial charge in [-0.05, 0) is 55.2 Å². The maximum Gasteiger partial charge on any atom is 0.231 e. The van der Waals surface area contributed by atoms with Crippen LogP contribution in [0.4, 0.5) is 4.39 Å². The van der Waals surface area contributed by atoms with Crippen molar-refractivity contribution in [1.29, 1.82) is 0 Å². The molecule has 0 saturated heterocycles. The van der Waals surface area contributed by atoms with Gasteiger partial charge >= 0.3 is 0 Å². The molecule has 3 rings (SSSR count). The first-order chi connectivity index (χ1) is 11.0. The summed E-state index contributed by atoms with van der Waals surface area (Å²) in [5.74, 6) is -0.242. The standard InChI is InChI=1S/C19H19BrFNO/c1-13(14-4-2-5-16(20)12-14)22-18(23)19(10-3-11-19)15-6-8-17(21)9-7-15/h2,4-9,12-13H,3,10-11H2,1H3,(H,22,23). The van der Waals surface area contributed by atoms with Crippen LogP contribution < -0.4 is 5.32 Å². The van der Waals surface area contributed by atoms with Crippen molar-refractivity contribution in [2.45, 2.75) is 37.6 Å². The first-order valence-corrected chi connectivity index (χ1v) is 8.63. The molecule has 1 aliphatic carbocycles. The topological polar surface area (TPSA) is 29.1 Å². The van der Waals surface area contributed by atoms with Gasteiger partial charge in [-0.2, -0.15) is 0 Å². The van der Waals surface area contributed by atoms with Crippen molar-refractivity contribution in [3.63, 3.8) is 0 Å². The molecule has 2 nitrogen and oxygen atoms in total. The van der Waals surface area contributed by atoms with Crippen molar-refractivity contribution in [2.24, 2.45) is 0 Å². The van der Waals surface area contributed by atoms with E-state index in [1.54, 1.807) is 12.1 Å². The minimum absolute atomic E-state index is 0.0304. The van der Waals surface area contributed by atoms with Crippen molar-refractivity contribution in [2.75, 3.05) is 0 Å². The minimum Gasteiger partial charge on any atom is -0.349 e. The Hall–Kier alpha value is -1.68. The summed E-state index contributed by atoms with van der Waals surface area (Å²) in [5.41, 5.74) is 1.46.